The molecule has 3 N–H and O–H groups in total. The summed E-state index contributed by atoms with van der Waals surface area (Å²) in [4.78, 5) is 6.62. The lowest BCUT2D eigenvalue weighted by Crippen LogP contribution is -2.36. The van der Waals surface area contributed by atoms with Crippen molar-refractivity contribution in [1.29, 1.82) is 0 Å². The maximum Gasteiger partial charge on any atom is 0.164 e. The zero-order valence-corrected chi connectivity index (χ0v) is 17.2. The number of aromatic nitrogens is 3. The van der Waals surface area contributed by atoms with Crippen LogP contribution in [0, 0.1) is 6.92 Å². The van der Waals surface area contributed by atoms with Crippen LogP contribution >= 0.6 is 11.6 Å². The summed E-state index contributed by atoms with van der Waals surface area (Å²) < 4.78 is 5.92. The van der Waals surface area contributed by atoms with Crippen molar-refractivity contribution in [2.45, 2.75) is 51.8 Å². The molecule has 0 spiro atoms. The zero-order valence-electron chi connectivity index (χ0n) is 16.5. The van der Waals surface area contributed by atoms with Gasteiger partial charge in [-0.3, -0.25) is 5.10 Å². The number of hydrogen-bond acceptors (Lipinski definition) is 6. The van der Waals surface area contributed by atoms with Gasteiger partial charge in [-0.1, -0.05) is 24.4 Å². The number of rotatable bonds is 9. The van der Waals surface area contributed by atoms with E-state index in [4.69, 9.17) is 16.3 Å². The van der Waals surface area contributed by atoms with Gasteiger partial charge < -0.3 is 20.1 Å². The van der Waals surface area contributed by atoms with E-state index >= 15 is 0 Å². The number of ether oxygens (including phenoxy) is 1. The summed E-state index contributed by atoms with van der Waals surface area (Å²) in [5.41, 5.74) is 0.946. The van der Waals surface area contributed by atoms with Crippen LogP contribution in [-0.4, -0.2) is 57.5 Å². The predicted molar refractivity (Wildman–Crippen MR) is 110 cm³/mol. The first-order valence-electron chi connectivity index (χ1n) is 10.0. The third kappa shape index (κ3) is 6.74. The summed E-state index contributed by atoms with van der Waals surface area (Å²) in [5.74, 6) is 2.25. The van der Waals surface area contributed by atoms with E-state index < -0.39 is 6.10 Å². The zero-order chi connectivity index (χ0) is 19.8. The van der Waals surface area contributed by atoms with Gasteiger partial charge in [-0.2, -0.15) is 5.10 Å². The van der Waals surface area contributed by atoms with Crippen molar-refractivity contribution in [3.8, 4) is 5.75 Å². The van der Waals surface area contributed by atoms with Crippen LogP contribution in [0.15, 0.2) is 18.2 Å². The molecule has 0 amide bonds. The lowest BCUT2D eigenvalue weighted by molar-refractivity contribution is 0.0690. The Balaban J connectivity index is 1.49. The number of H-pyrrole nitrogens is 1. The SMILES string of the molecule is Cc1nc(CNCc2cc(Cl)ccc2OC[C@@H](O)CN2CCCCCC2)n[nH]1. The summed E-state index contributed by atoms with van der Waals surface area (Å²) in [6.07, 6.45) is 4.50. The van der Waals surface area contributed by atoms with Gasteiger partial charge >= 0.3 is 0 Å². The maximum absolute atomic E-state index is 10.4. The van der Waals surface area contributed by atoms with Crippen LogP contribution in [0.4, 0.5) is 0 Å². The van der Waals surface area contributed by atoms with Gasteiger partial charge in [0.2, 0.25) is 0 Å². The van der Waals surface area contributed by atoms with Gasteiger partial charge in [-0.15, -0.1) is 0 Å². The molecule has 1 atom stereocenters. The van der Waals surface area contributed by atoms with Crippen molar-refractivity contribution < 1.29 is 9.84 Å². The third-order valence-corrected chi connectivity index (χ3v) is 5.10. The van der Waals surface area contributed by atoms with E-state index in [0.29, 0.717) is 24.7 Å². The predicted octanol–water partition coefficient (Wildman–Crippen LogP) is 2.67. The minimum Gasteiger partial charge on any atom is -0.491 e. The van der Waals surface area contributed by atoms with E-state index in [1.54, 1.807) is 6.07 Å². The first kappa shape index (κ1) is 21.0. The van der Waals surface area contributed by atoms with Crippen molar-refractivity contribution >= 4 is 11.6 Å². The Labute approximate surface area is 171 Å². The molecular weight excluding hydrogens is 378 g/mol. The number of hydrogen-bond donors (Lipinski definition) is 3. The number of benzene rings is 1. The molecule has 3 rings (SSSR count). The molecule has 8 heteroatoms. The second-order valence-electron chi connectivity index (χ2n) is 7.37. The molecule has 0 radical (unpaired) electrons. The molecule has 1 aliphatic rings. The summed E-state index contributed by atoms with van der Waals surface area (Å²) in [6.45, 7) is 6.05. The third-order valence-electron chi connectivity index (χ3n) is 4.86. The molecular formula is C20H30ClN5O2. The van der Waals surface area contributed by atoms with Crippen molar-refractivity contribution in [2.75, 3.05) is 26.2 Å². The van der Waals surface area contributed by atoms with E-state index in [2.05, 4.69) is 25.4 Å². The van der Waals surface area contributed by atoms with Gasteiger partial charge in [0.1, 0.15) is 24.3 Å². The Morgan fingerprint density at radius 3 is 2.75 bits per heavy atom. The molecule has 1 aliphatic heterocycles. The lowest BCUT2D eigenvalue weighted by Gasteiger charge is -2.23. The van der Waals surface area contributed by atoms with Gasteiger partial charge in [0.25, 0.3) is 0 Å². The minimum absolute atomic E-state index is 0.269. The van der Waals surface area contributed by atoms with Crippen LogP contribution in [0.25, 0.3) is 0 Å². The molecule has 2 aromatic rings. The highest BCUT2D eigenvalue weighted by molar-refractivity contribution is 6.30. The van der Waals surface area contributed by atoms with Crippen LogP contribution in [-0.2, 0) is 13.1 Å². The fourth-order valence-corrected chi connectivity index (χ4v) is 3.65. The van der Waals surface area contributed by atoms with E-state index in [0.717, 1.165) is 36.1 Å². The average Bonchev–Trinajstić information content (AvgIpc) is 2.92. The van der Waals surface area contributed by atoms with Gasteiger partial charge in [0.05, 0.1) is 6.54 Å². The van der Waals surface area contributed by atoms with Crippen LogP contribution in [0.2, 0.25) is 5.02 Å². The lowest BCUT2D eigenvalue weighted by atomic mass is 10.2. The standard InChI is InChI=1S/C20H30ClN5O2/c1-15-23-20(25-24-15)12-22-11-16-10-17(21)6-7-19(16)28-14-18(27)13-26-8-4-2-3-5-9-26/h6-7,10,18,22,27H,2-5,8-9,11-14H2,1H3,(H,23,24,25)/t18-/m0/s1. The number of halogens is 1. The Morgan fingerprint density at radius 2 is 2.04 bits per heavy atom. The van der Waals surface area contributed by atoms with Crippen molar-refractivity contribution in [3.63, 3.8) is 0 Å². The molecule has 1 fully saturated rings. The second-order valence-corrected chi connectivity index (χ2v) is 7.81. The smallest absolute Gasteiger partial charge is 0.164 e. The average molecular weight is 408 g/mol. The number of aliphatic hydroxyl groups is 1. The maximum atomic E-state index is 10.4. The molecule has 0 bridgehead atoms. The number of nitrogens with one attached hydrogen (secondary N) is 2. The summed E-state index contributed by atoms with van der Waals surface area (Å²) in [5, 5.41) is 21.3. The van der Waals surface area contributed by atoms with E-state index in [-0.39, 0.29) is 6.61 Å². The number of likely N-dealkylation sites (tertiary alicyclic amines) is 1. The Kier molecular flexibility index (Phi) is 8.09. The normalized spacial score (nSPS) is 16.7. The molecule has 1 saturated heterocycles. The molecule has 1 aromatic carbocycles. The van der Waals surface area contributed by atoms with Gasteiger partial charge in [0, 0.05) is 23.7 Å². The molecule has 0 saturated carbocycles. The number of β-amino-alcohol motifs (C(OH)–C–C–N with tert-alkyl or cyclic N) is 1. The molecule has 28 heavy (non-hydrogen) atoms. The van der Waals surface area contributed by atoms with E-state index in [9.17, 15) is 5.11 Å². The summed E-state index contributed by atoms with van der Waals surface area (Å²) in [6, 6.07) is 5.55. The fourth-order valence-electron chi connectivity index (χ4n) is 3.46. The number of aryl methyl sites for hydroxylation is 1. The van der Waals surface area contributed by atoms with Crippen LogP contribution in [0.1, 0.15) is 42.9 Å². The highest BCUT2D eigenvalue weighted by Gasteiger charge is 2.15. The molecule has 7 nitrogen and oxygen atoms in total. The van der Waals surface area contributed by atoms with Crippen LogP contribution in [0.3, 0.4) is 0 Å². The molecule has 154 valence electrons. The topological polar surface area (TPSA) is 86.3 Å². The molecule has 0 unspecified atom stereocenters. The molecule has 0 aliphatic carbocycles. The Bertz CT molecular complexity index is 731. The summed E-state index contributed by atoms with van der Waals surface area (Å²) in [7, 11) is 0. The second kappa shape index (κ2) is 10.8. The minimum atomic E-state index is -0.509. The largest absolute Gasteiger partial charge is 0.491 e. The van der Waals surface area contributed by atoms with Crippen LogP contribution < -0.4 is 10.1 Å². The molecule has 1 aromatic heterocycles. The molecule has 2 heterocycles. The van der Waals surface area contributed by atoms with Crippen LogP contribution in [0.5, 0.6) is 5.75 Å². The highest BCUT2D eigenvalue weighted by Crippen LogP contribution is 2.23. The monoisotopic (exact) mass is 407 g/mol. The Hall–Kier alpha value is -1.67. The quantitative estimate of drug-likeness (QED) is 0.592. The van der Waals surface area contributed by atoms with Gasteiger partial charge in [-0.25, -0.2) is 4.98 Å². The van der Waals surface area contributed by atoms with Gasteiger partial charge in [0.15, 0.2) is 5.82 Å². The van der Waals surface area contributed by atoms with E-state index in [1.165, 1.54) is 25.7 Å². The first-order chi connectivity index (χ1) is 13.6. The van der Waals surface area contributed by atoms with Crippen molar-refractivity contribution in [2.24, 2.45) is 0 Å². The van der Waals surface area contributed by atoms with Crippen molar-refractivity contribution in [3.05, 3.63) is 40.4 Å². The number of nitrogens with zero attached hydrogens (tertiary/aromatic N) is 3. The highest BCUT2D eigenvalue weighted by atomic mass is 35.5. The summed E-state index contributed by atoms with van der Waals surface area (Å²) >= 11 is 6.15. The first-order valence-corrected chi connectivity index (χ1v) is 10.4. The number of aliphatic hydroxyl groups excluding tert-OH is 1. The van der Waals surface area contributed by atoms with Gasteiger partial charge in [-0.05, 0) is 51.1 Å². The fraction of sp³-hybridized carbons (Fsp3) is 0.600. The van der Waals surface area contributed by atoms with Crippen molar-refractivity contribution in [1.82, 2.24) is 25.4 Å². The Morgan fingerprint density at radius 1 is 1.25 bits per heavy atom. The van der Waals surface area contributed by atoms with E-state index in [1.807, 2.05) is 19.1 Å². The number of aromatic amines is 1.